The maximum Gasteiger partial charge on any atom is 0.251 e. The smallest absolute Gasteiger partial charge is 0.251 e. The van der Waals surface area contributed by atoms with Crippen LogP contribution in [0.5, 0.6) is 5.75 Å². The van der Waals surface area contributed by atoms with E-state index in [0.717, 1.165) is 6.42 Å². The van der Waals surface area contributed by atoms with Crippen molar-refractivity contribution in [2.45, 2.75) is 17.6 Å². The zero-order valence-electron chi connectivity index (χ0n) is 12.7. The molecule has 3 rings (SSSR count). The van der Waals surface area contributed by atoms with Gasteiger partial charge >= 0.3 is 0 Å². The standard InChI is InChI=1S/C18H17NO2S2/c1-2-15-10-12-17(13-11-15)21-23(20,18-9-6-14-22-18)19-16-7-4-3-5-8-16/h3-14H,2H2,1H3. The molecule has 3 aromatic rings. The van der Waals surface area contributed by atoms with E-state index in [1.54, 1.807) is 6.07 Å². The van der Waals surface area contributed by atoms with E-state index >= 15 is 0 Å². The van der Waals surface area contributed by atoms with Crippen molar-refractivity contribution in [3.63, 3.8) is 0 Å². The lowest BCUT2D eigenvalue weighted by atomic mass is 10.2. The summed E-state index contributed by atoms with van der Waals surface area (Å²) in [4.78, 5) is 0. The van der Waals surface area contributed by atoms with Gasteiger partial charge in [0.25, 0.3) is 10.0 Å². The van der Waals surface area contributed by atoms with Crippen LogP contribution >= 0.6 is 11.3 Å². The van der Waals surface area contributed by atoms with Crippen molar-refractivity contribution >= 4 is 27.0 Å². The highest BCUT2D eigenvalue weighted by molar-refractivity contribution is 7.91. The third-order valence-corrected chi connectivity index (χ3v) is 6.37. The van der Waals surface area contributed by atoms with Crippen LogP contribution in [0.25, 0.3) is 0 Å². The number of rotatable bonds is 5. The third-order valence-electron chi connectivity index (χ3n) is 3.27. The van der Waals surface area contributed by atoms with Crippen LogP contribution < -0.4 is 4.18 Å². The van der Waals surface area contributed by atoms with Crippen LogP contribution in [0.2, 0.25) is 0 Å². The molecule has 0 saturated heterocycles. The van der Waals surface area contributed by atoms with Gasteiger partial charge in [0.05, 0.1) is 5.69 Å². The second kappa shape index (κ2) is 6.98. The number of hydrogen-bond acceptors (Lipinski definition) is 4. The Morgan fingerprint density at radius 3 is 2.35 bits per heavy atom. The number of thiophene rings is 1. The fourth-order valence-corrected chi connectivity index (χ4v) is 4.60. The van der Waals surface area contributed by atoms with Gasteiger partial charge in [0.1, 0.15) is 9.96 Å². The highest BCUT2D eigenvalue weighted by Gasteiger charge is 2.17. The maximum absolute atomic E-state index is 13.4. The first-order valence-corrected chi connectivity index (χ1v) is 9.66. The molecular weight excluding hydrogens is 326 g/mol. The molecular formula is C18H17NO2S2. The molecule has 0 radical (unpaired) electrons. The van der Waals surface area contributed by atoms with Gasteiger partial charge in [0.15, 0.2) is 0 Å². The fraction of sp³-hybridized carbons (Fsp3) is 0.111. The lowest BCUT2D eigenvalue weighted by molar-refractivity contribution is 0.552. The Balaban J connectivity index is 2.02. The summed E-state index contributed by atoms with van der Waals surface area (Å²) in [5.74, 6) is 0.556. The maximum atomic E-state index is 13.4. The summed E-state index contributed by atoms with van der Waals surface area (Å²) in [5.41, 5.74) is 1.84. The summed E-state index contributed by atoms with van der Waals surface area (Å²) in [6.45, 7) is 2.09. The summed E-state index contributed by atoms with van der Waals surface area (Å²) < 4.78 is 24.2. The summed E-state index contributed by atoms with van der Waals surface area (Å²) >= 11 is 1.38. The molecule has 2 aromatic carbocycles. The van der Waals surface area contributed by atoms with Gasteiger partial charge in [-0.3, -0.25) is 0 Å². The normalized spacial score (nSPS) is 13.3. The number of hydrogen-bond donors (Lipinski definition) is 0. The molecule has 0 spiro atoms. The van der Waals surface area contributed by atoms with E-state index < -0.39 is 10.0 Å². The molecule has 118 valence electrons. The van der Waals surface area contributed by atoms with Crippen molar-refractivity contribution in [3.05, 3.63) is 77.7 Å². The van der Waals surface area contributed by atoms with Crippen LogP contribution in [0.4, 0.5) is 5.69 Å². The summed E-state index contributed by atoms with van der Waals surface area (Å²) in [7, 11) is -3.01. The quantitative estimate of drug-likeness (QED) is 0.617. The van der Waals surface area contributed by atoms with Crippen LogP contribution in [-0.2, 0) is 16.4 Å². The first-order chi connectivity index (χ1) is 11.2. The molecule has 0 aliphatic rings. The Kier molecular flexibility index (Phi) is 4.79. The van der Waals surface area contributed by atoms with E-state index in [2.05, 4.69) is 11.3 Å². The Bertz CT molecular complexity index is 863. The Morgan fingerprint density at radius 2 is 1.74 bits per heavy atom. The monoisotopic (exact) mass is 343 g/mol. The summed E-state index contributed by atoms with van der Waals surface area (Å²) in [6, 6.07) is 20.5. The Hall–Kier alpha value is -2.11. The minimum absolute atomic E-state index is 0.556. The molecule has 0 N–H and O–H groups in total. The van der Waals surface area contributed by atoms with Crippen molar-refractivity contribution in [2.24, 2.45) is 4.36 Å². The minimum atomic E-state index is -3.01. The predicted molar refractivity (Wildman–Crippen MR) is 95.7 cm³/mol. The van der Waals surface area contributed by atoms with Crippen LogP contribution in [0.3, 0.4) is 0 Å². The molecule has 1 heterocycles. The van der Waals surface area contributed by atoms with Gasteiger partial charge < -0.3 is 4.18 Å². The largest absolute Gasteiger partial charge is 0.392 e. The first-order valence-electron chi connectivity index (χ1n) is 7.34. The molecule has 0 aliphatic carbocycles. The second-order valence-electron chi connectivity index (χ2n) is 4.91. The molecule has 23 heavy (non-hydrogen) atoms. The van der Waals surface area contributed by atoms with Crippen molar-refractivity contribution in [2.75, 3.05) is 0 Å². The van der Waals surface area contributed by atoms with Crippen molar-refractivity contribution in [1.29, 1.82) is 0 Å². The van der Waals surface area contributed by atoms with Gasteiger partial charge in [0.2, 0.25) is 0 Å². The van der Waals surface area contributed by atoms with Crippen molar-refractivity contribution < 1.29 is 8.39 Å². The minimum Gasteiger partial charge on any atom is -0.392 e. The van der Waals surface area contributed by atoms with Gasteiger partial charge in [-0.1, -0.05) is 43.3 Å². The van der Waals surface area contributed by atoms with Gasteiger partial charge in [-0.2, -0.15) is 4.36 Å². The lowest BCUT2D eigenvalue weighted by Gasteiger charge is -2.11. The van der Waals surface area contributed by atoms with E-state index in [0.29, 0.717) is 15.6 Å². The van der Waals surface area contributed by atoms with Crippen LogP contribution in [0.15, 0.2) is 80.7 Å². The van der Waals surface area contributed by atoms with E-state index in [1.165, 1.54) is 16.9 Å². The van der Waals surface area contributed by atoms with Crippen molar-refractivity contribution in [1.82, 2.24) is 0 Å². The fourth-order valence-electron chi connectivity index (χ4n) is 2.05. The first kappa shape index (κ1) is 15.8. The molecule has 0 fully saturated rings. The average molecular weight is 343 g/mol. The molecule has 0 bridgehead atoms. The van der Waals surface area contributed by atoms with Crippen molar-refractivity contribution in [3.8, 4) is 5.75 Å². The number of aryl methyl sites for hydroxylation is 1. The molecule has 1 unspecified atom stereocenters. The van der Waals surface area contributed by atoms with E-state index in [1.807, 2.05) is 66.0 Å². The highest BCUT2D eigenvalue weighted by atomic mass is 32.3. The molecule has 0 amide bonds. The van der Waals surface area contributed by atoms with Crippen LogP contribution in [-0.4, -0.2) is 4.21 Å². The average Bonchev–Trinajstić information content (AvgIpc) is 3.12. The van der Waals surface area contributed by atoms with Crippen LogP contribution in [0.1, 0.15) is 12.5 Å². The zero-order chi connectivity index (χ0) is 16.1. The van der Waals surface area contributed by atoms with Crippen LogP contribution in [0, 0.1) is 0 Å². The molecule has 5 heteroatoms. The zero-order valence-corrected chi connectivity index (χ0v) is 14.3. The number of nitrogens with zero attached hydrogens (tertiary/aromatic N) is 1. The van der Waals surface area contributed by atoms with E-state index in [9.17, 15) is 4.21 Å². The van der Waals surface area contributed by atoms with Gasteiger partial charge in [-0.25, -0.2) is 4.21 Å². The van der Waals surface area contributed by atoms with Gasteiger partial charge in [0, 0.05) is 0 Å². The topological polar surface area (TPSA) is 38.7 Å². The Labute approximate surface area is 141 Å². The molecule has 1 aromatic heterocycles. The van der Waals surface area contributed by atoms with Gasteiger partial charge in [-0.05, 0) is 47.7 Å². The third kappa shape index (κ3) is 3.81. The second-order valence-corrected chi connectivity index (χ2v) is 7.86. The molecule has 0 aliphatic heterocycles. The molecule has 0 saturated carbocycles. The van der Waals surface area contributed by atoms with Gasteiger partial charge in [-0.15, -0.1) is 11.3 Å². The summed E-state index contributed by atoms with van der Waals surface area (Å²) in [5, 5.41) is 1.87. The highest BCUT2D eigenvalue weighted by Crippen LogP contribution is 2.27. The molecule has 1 atom stereocenters. The number of benzene rings is 2. The van der Waals surface area contributed by atoms with E-state index in [-0.39, 0.29) is 0 Å². The summed E-state index contributed by atoms with van der Waals surface area (Å²) in [6.07, 6.45) is 0.953. The molecule has 3 nitrogen and oxygen atoms in total. The predicted octanol–water partition coefficient (Wildman–Crippen LogP) is 5.46. The lowest BCUT2D eigenvalue weighted by Crippen LogP contribution is -2.07. The van der Waals surface area contributed by atoms with E-state index in [4.69, 9.17) is 4.18 Å². The Morgan fingerprint density at radius 1 is 1.00 bits per heavy atom. The SMILES string of the molecule is CCc1ccc(OS(=O)(=Nc2ccccc2)c2cccs2)cc1.